The second-order valence-electron chi connectivity index (χ2n) is 2.66. The van der Waals surface area contributed by atoms with Gasteiger partial charge in [-0.2, -0.15) is 0 Å². The third-order valence-corrected chi connectivity index (χ3v) is 1.82. The zero-order valence-electron chi connectivity index (χ0n) is 7.02. The molecule has 68 valence electrons. The normalized spacial score (nSPS) is 10.5. The highest BCUT2D eigenvalue weighted by Gasteiger charge is 2.05. The van der Waals surface area contributed by atoms with Crippen molar-refractivity contribution in [3.05, 3.63) is 23.7 Å². The molecule has 0 atom stereocenters. The van der Waals surface area contributed by atoms with Crippen molar-refractivity contribution < 1.29 is 4.74 Å². The monoisotopic (exact) mass is 178 g/mol. The molecule has 0 aliphatic rings. The van der Waals surface area contributed by atoms with Crippen molar-refractivity contribution in [1.29, 1.82) is 0 Å². The quantitative estimate of drug-likeness (QED) is 0.660. The zero-order chi connectivity index (χ0) is 9.42. The van der Waals surface area contributed by atoms with Crippen molar-refractivity contribution in [2.24, 2.45) is 0 Å². The molecular formula is C8H8N3O2-. The van der Waals surface area contributed by atoms with Crippen molar-refractivity contribution in [3.63, 3.8) is 0 Å². The fourth-order valence-corrected chi connectivity index (χ4v) is 1.26. The lowest BCUT2D eigenvalue weighted by Crippen LogP contribution is -1.92. The van der Waals surface area contributed by atoms with E-state index in [1.165, 1.54) is 13.4 Å². The van der Waals surface area contributed by atoms with Crippen LogP contribution in [0.25, 0.3) is 11.0 Å². The van der Waals surface area contributed by atoms with E-state index in [1.54, 1.807) is 12.1 Å². The van der Waals surface area contributed by atoms with Crippen LogP contribution in [-0.4, -0.2) is 16.8 Å². The van der Waals surface area contributed by atoms with Crippen LogP contribution in [-0.2, 0) is 0 Å². The average molecular weight is 178 g/mol. The standard InChI is InChI=1S/C8H8N3O2/c1-13-7-3-5(9)2-6-8(7)11(12)4-10-6/h2-4H,9H2,1H3/q-1. The van der Waals surface area contributed by atoms with Crippen LogP contribution in [0.1, 0.15) is 0 Å². The SMILES string of the molecule is COc1cc(N)cc2ncn([O-])c12. The number of benzene rings is 1. The van der Waals surface area contributed by atoms with Gasteiger partial charge >= 0.3 is 0 Å². The molecule has 0 unspecified atom stereocenters. The van der Waals surface area contributed by atoms with E-state index in [9.17, 15) is 5.21 Å². The summed E-state index contributed by atoms with van der Waals surface area (Å²) in [4.78, 5) is 3.88. The van der Waals surface area contributed by atoms with Crippen LogP contribution in [0.15, 0.2) is 18.5 Å². The van der Waals surface area contributed by atoms with Gasteiger partial charge in [0, 0.05) is 11.8 Å². The van der Waals surface area contributed by atoms with Crippen LogP contribution < -0.4 is 10.5 Å². The minimum Gasteiger partial charge on any atom is -0.804 e. The molecule has 13 heavy (non-hydrogen) atoms. The number of ether oxygens (including phenoxy) is 1. The predicted octanol–water partition coefficient (Wildman–Crippen LogP) is 0.973. The predicted molar refractivity (Wildman–Crippen MR) is 49.5 cm³/mol. The van der Waals surface area contributed by atoms with Crippen LogP contribution in [0, 0.1) is 5.21 Å². The Labute approximate surface area is 74.3 Å². The molecule has 0 fully saturated rings. The number of imidazole rings is 1. The Hall–Kier alpha value is -1.91. The highest BCUT2D eigenvalue weighted by atomic mass is 16.5. The van der Waals surface area contributed by atoms with Gasteiger partial charge in [-0.05, 0) is 6.07 Å². The summed E-state index contributed by atoms with van der Waals surface area (Å²) in [6, 6.07) is 3.23. The van der Waals surface area contributed by atoms with E-state index in [-0.39, 0.29) is 0 Å². The van der Waals surface area contributed by atoms with Gasteiger partial charge in [-0.15, -0.1) is 0 Å². The molecule has 0 aliphatic heterocycles. The van der Waals surface area contributed by atoms with E-state index in [1.807, 2.05) is 0 Å². The molecule has 0 amide bonds. The minimum atomic E-state index is 0.414. The molecule has 2 rings (SSSR count). The van der Waals surface area contributed by atoms with Crippen molar-refractivity contribution in [1.82, 2.24) is 9.71 Å². The summed E-state index contributed by atoms with van der Waals surface area (Å²) in [6.45, 7) is 0. The number of hydrogen-bond acceptors (Lipinski definition) is 4. The lowest BCUT2D eigenvalue weighted by molar-refractivity contribution is 0.418. The Morgan fingerprint density at radius 3 is 3.00 bits per heavy atom. The molecular weight excluding hydrogens is 170 g/mol. The molecule has 1 aromatic heterocycles. The van der Waals surface area contributed by atoms with Gasteiger partial charge in [0.25, 0.3) is 0 Å². The summed E-state index contributed by atoms with van der Waals surface area (Å²) < 4.78 is 5.67. The minimum absolute atomic E-state index is 0.414. The van der Waals surface area contributed by atoms with E-state index in [2.05, 4.69) is 4.98 Å². The van der Waals surface area contributed by atoms with Crippen LogP contribution >= 0.6 is 0 Å². The topological polar surface area (TPSA) is 76.1 Å². The summed E-state index contributed by atoms with van der Waals surface area (Å²) in [6.07, 6.45) is 1.19. The number of hydrogen-bond donors (Lipinski definition) is 1. The Morgan fingerprint density at radius 2 is 2.31 bits per heavy atom. The highest BCUT2D eigenvalue weighted by Crippen LogP contribution is 2.27. The molecule has 0 bridgehead atoms. The fraction of sp³-hybridized carbons (Fsp3) is 0.125. The number of methoxy groups -OCH3 is 1. The fourth-order valence-electron chi connectivity index (χ4n) is 1.26. The molecule has 5 heteroatoms. The smallest absolute Gasteiger partial charge is 0.146 e. The number of anilines is 1. The maximum atomic E-state index is 11.2. The van der Waals surface area contributed by atoms with Gasteiger partial charge in [0.05, 0.1) is 19.0 Å². The van der Waals surface area contributed by atoms with Crippen LogP contribution in [0.3, 0.4) is 0 Å². The van der Waals surface area contributed by atoms with Gasteiger partial charge in [0.2, 0.25) is 0 Å². The first kappa shape index (κ1) is 7.72. The van der Waals surface area contributed by atoms with Gasteiger partial charge < -0.3 is 20.4 Å². The summed E-state index contributed by atoms with van der Waals surface area (Å²) in [5, 5.41) is 11.2. The van der Waals surface area contributed by atoms with Crippen molar-refractivity contribution >= 4 is 16.7 Å². The Bertz CT molecular complexity index is 450. The van der Waals surface area contributed by atoms with Crippen molar-refractivity contribution in [2.45, 2.75) is 0 Å². The average Bonchev–Trinajstić information content (AvgIpc) is 2.46. The first-order valence-corrected chi connectivity index (χ1v) is 3.70. The van der Waals surface area contributed by atoms with Crippen LogP contribution in [0.5, 0.6) is 5.75 Å². The first-order chi connectivity index (χ1) is 6.22. The summed E-state index contributed by atoms with van der Waals surface area (Å²) in [7, 11) is 1.49. The van der Waals surface area contributed by atoms with Crippen LogP contribution in [0.4, 0.5) is 5.69 Å². The molecule has 5 nitrogen and oxygen atoms in total. The molecule has 2 N–H and O–H groups in total. The molecule has 0 aliphatic carbocycles. The van der Waals surface area contributed by atoms with E-state index in [4.69, 9.17) is 10.5 Å². The largest absolute Gasteiger partial charge is 0.804 e. The van der Waals surface area contributed by atoms with Crippen LogP contribution in [0.2, 0.25) is 0 Å². The van der Waals surface area contributed by atoms with Gasteiger partial charge in [-0.3, -0.25) is 0 Å². The van der Waals surface area contributed by atoms with Crippen molar-refractivity contribution in [2.75, 3.05) is 12.8 Å². The molecule has 1 aromatic carbocycles. The highest BCUT2D eigenvalue weighted by molar-refractivity contribution is 5.85. The first-order valence-electron chi connectivity index (χ1n) is 3.70. The summed E-state index contributed by atoms with van der Waals surface area (Å²) in [5.74, 6) is 0.447. The van der Waals surface area contributed by atoms with E-state index in [0.29, 0.717) is 27.2 Å². The number of nitrogen functional groups attached to an aromatic ring is 1. The number of fused-ring (bicyclic) bond motifs is 1. The number of nitrogens with zero attached hydrogens (tertiary/aromatic N) is 2. The van der Waals surface area contributed by atoms with E-state index < -0.39 is 0 Å². The summed E-state index contributed by atoms with van der Waals surface area (Å²) >= 11 is 0. The third-order valence-electron chi connectivity index (χ3n) is 1.82. The van der Waals surface area contributed by atoms with E-state index in [0.717, 1.165) is 0 Å². The molecule has 0 spiro atoms. The lowest BCUT2D eigenvalue weighted by Gasteiger charge is -2.10. The number of aromatic nitrogens is 2. The molecule has 0 saturated heterocycles. The maximum absolute atomic E-state index is 11.2. The Balaban J connectivity index is 2.85. The lowest BCUT2D eigenvalue weighted by atomic mass is 10.2. The van der Waals surface area contributed by atoms with Gasteiger partial charge in [0.1, 0.15) is 11.3 Å². The van der Waals surface area contributed by atoms with Crippen molar-refractivity contribution in [3.8, 4) is 5.75 Å². The number of rotatable bonds is 1. The molecule has 2 aromatic rings. The molecule has 1 heterocycles. The second-order valence-corrected chi connectivity index (χ2v) is 2.66. The maximum Gasteiger partial charge on any atom is 0.146 e. The Morgan fingerprint density at radius 1 is 1.54 bits per heavy atom. The summed E-state index contributed by atoms with van der Waals surface area (Å²) in [5.41, 5.74) is 7.07. The number of nitrogens with two attached hydrogens (primary N) is 1. The second kappa shape index (κ2) is 2.55. The van der Waals surface area contributed by atoms with Gasteiger partial charge in [-0.1, -0.05) is 0 Å². The Kier molecular flexibility index (Phi) is 1.51. The van der Waals surface area contributed by atoms with E-state index >= 15 is 0 Å². The molecule has 0 radical (unpaired) electrons. The van der Waals surface area contributed by atoms with Gasteiger partial charge in [0.15, 0.2) is 0 Å². The third kappa shape index (κ3) is 1.05. The molecule has 0 saturated carbocycles. The zero-order valence-corrected chi connectivity index (χ0v) is 7.02. The van der Waals surface area contributed by atoms with Gasteiger partial charge in [-0.25, -0.2) is 4.98 Å².